The third kappa shape index (κ3) is 4.45. The molecule has 0 atom stereocenters. The second kappa shape index (κ2) is 6.65. The van der Waals surface area contributed by atoms with Crippen molar-refractivity contribution >= 4 is 0 Å². The Morgan fingerprint density at radius 2 is 2.10 bits per heavy atom. The van der Waals surface area contributed by atoms with E-state index in [-0.39, 0.29) is 5.54 Å². The predicted molar refractivity (Wildman–Crippen MR) is 78.2 cm³/mol. The number of hydrogen-bond donors (Lipinski definition) is 1. The largest absolute Gasteiger partial charge is 0.337 e. The zero-order chi connectivity index (χ0) is 14.4. The summed E-state index contributed by atoms with van der Waals surface area (Å²) in [5.74, 6) is 0. The van der Waals surface area contributed by atoms with Crippen molar-refractivity contribution in [3.05, 3.63) is 30.6 Å². The van der Waals surface area contributed by atoms with E-state index in [1.807, 2.05) is 29.6 Å². The van der Waals surface area contributed by atoms with Crippen LogP contribution in [-0.2, 0) is 18.6 Å². The molecule has 0 saturated carbocycles. The maximum atomic E-state index is 4.18. The summed E-state index contributed by atoms with van der Waals surface area (Å²) >= 11 is 0. The second-order valence-electron chi connectivity index (χ2n) is 6.01. The highest BCUT2D eigenvalue weighted by Crippen LogP contribution is 2.11. The van der Waals surface area contributed by atoms with Crippen LogP contribution < -0.4 is 5.32 Å². The first-order chi connectivity index (χ1) is 9.55. The predicted octanol–water partition coefficient (Wildman–Crippen LogP) is 1.80. The Bertz CT molecular complexity index is 494. The van der Waals surface area contributed by atoms with Gasteiger partial charge < -0.3 is 9.88 Å². The fourth-order valence-electron chi connectivity index (χ4n) is 1.89. The van der Waals surface area contributed by atoms with E-state index < -0.39 is 0 Å². The summed E-state index contributed by atoms with van der Waals surface area (Å²) < 4.78 is 4.01. The summed E-state index contributed by atoms with van der Waals surface area (Å²) in [4.78, 5) is 4.03. The van der Waals surface area contributed by atoms with E-state index in [4.69, 9.17) is 0 Å². The molecule has 6 heteroatoms. The van der Waals surface area contributed by atoms with Crippen LogP contribution in [0.2, 0.25) is 0 Å². The maximum absolute atomic E-state index is 4.18. The molecule has 0 aliphatic rings. The Morgan fingerprint density at radius 1 is 1.25 bits per heavy atom. The topological polar surface area (TPSA) is 60.6 Å². The smallest absolute Gasteiger partial charge is 0.0965 e. The number of nitrogens with one attached hydrogen (secondary N) is 1. The minimum atomic E-state index is -0.00392. The van der Waals surface area contributed by atoms with Crippen LogP contribution in [0.1, 0.15) is 39.3 Å². The zero-order valence-electron chi connectivity index (χ0n) is 12.6. The normalized spacial score (nSPS) is 11.9. The lowest BCUT2D eigenvalue weighted by Crippen LogP contribution is -2.22. The van der Waals surface area contributed by atoms with Gasteiger partial charge in [-0.25, -0.2) is 9.67 Å². The SMILES string of the molecule is CC(C)(C)n1cc(CNCCCCn2ccnc2)nn1. The van der Waals surface area contributed by atoms with Gasteiger partial charge in [-0.3, -0.25) is 0 Å². The first-order valence-electron chi connectivity index (χ1n) is 7.14. The van der Waals surface area contributed by atoms with E-state index in [1.54, 1.807) is 0 Å². The summed E-state index contributed by atoms with van der Waals surface area (Å²) in [5.41, 5.74) is 0.991. The Hall–Kier alpha value is -1.69. The van der Waals surface area contributed by atoms with E-state index in [0.717, 1.165) is 38.2 Å². The number of aromatic nitrogens is 5. The molecule has 2 heterocycles. The van der Waals surface area contributed by atoms with E-state index in [2.05, 4.69) is 46.0 Å². The molecule has 20 heavy (non-hydrogen) atoms. The van der Waals surface area contributed by atoms with Crippen molar-refractivity contribution in [3.8, 4) is 0 Å². The highest BCUT2D eigenvalue weighted by atomic mass is 15.4. The fraction of sp³-hybridized carbons (Fsp3) is 0.643. The average Bonchev–Trinajstić information content (AvgIpc) is 3.04. The molecule has 0 bridgehead atoms. The molecule has 2 aromatic heterocycles. The van der Waals surface area contributed by atoms with Crippen LogP contribution in [0.25, 0.3) is 0 Å². The maximum Gasteiger partial charge on any atom is 0.0965 e. The monoisotopic (exact) mass is 276 g/mol. The zero-order valence-corrected chi connectivity index (χ0v) is 12.6. The number of unbranched alkanes of at least 4 members (excludes halogenated alkanes) is 1. The molecular formula is C14H24N6. The molecule has 0 spiro atoms. The van der Waals surface area contributed by atoms with Crippen LogP contribution in [0.4, 0.5) is 0 Å². The second-order valence-corrected chi connectivity index (χ2v) is 6.01. The van der Waals surface area contributed by atoms with Crippen molar-refractivity contribution in [1.82, 2.24) is 29.9 Å². The van der Waals surface area contributed by atoms with Crippen molar-refractivity contribution in [2.75, 3.05) is 6.54 Å². The Morgan fingerprint density at radius 3 is 2.75 bits per heavy atom. The summed E-state index contributed by atoms with van der Waals surface area (Å²) in [6.45, 7) is 9.17. The highest BCUT2D eigenvalue weighted by Gasteiger charge is 2.14. The molecule has 0 aliphatic carbocycles. The number of imidazole rings is 1. The van der Waals surface area contributed by atoms with Gasteiger partial charge in [-0.1, -0.05) is 5.21 Å². The van der Waals surface area contributed by atoms with Crippen molar-refractivity contribution in [2.24, 2.45) is 0 Å². The van der Waals surface area contributed by atoms with Crippen LogP contribution in [0, 0.1) is 0 Å². The first kappa shape index (κ1) is 14.7. The molecule has 0 radical (unpaired) electrons. The molecular weight excluding hydrogens is 252 g/mol. The van der Waals surface area contributed by atoms with Gasteiger partial charge in [0, 0.05) is 25.5 Å². The third-order valence-corrected chi connectivity index (χ3v) is 3.11. The Labute approximate surface area is 120 Å². The van der Waals surface area contributed by atoms with Gasteiger partial charge in [0.15, 0.2) is 0 Å². The minimum Gasteiger partial charge on any atom is -0.337 e. The average molecular weight is 276 g/mol. The molecule has 0 aliphatic heterocycles. The third-order valence-electron chi connectivity index (χ3n) is 3.11. The number of aryl methyl sites for hydroxylation is 1. The van der Waals surface area contributed by atoms with Crippen LogP contribution >= 0.6 is 0 Å². The van der Waals surface area contributed by atoms with Crippen molar-refractivity contribution < 1.29 is 0 Å². The molecule has 0 saturated heterocycles. The number of rotatable bonds is 7. The van der Waals surface area contributed by atoms with Gasteiger partial charge in [-0.2, -0.15) is 0 Å². The van der Waals surface area contributed by atoms with E-state index in [9.17, 15) is 0 Å². The van der Waals surface area contributed by atoms with Gasteiger partial charge in [0.2, 0.25) is 0 Å². The molecule has 2 rings (SSSR count). The van der Waals surface area contributed by atoms with E-state index in [1.165, 1.54) is 0 Å². The highest BCUT2D eigenvalue weighted by molar-refractivity contribution is 4.93. The van der Waals surface area contributed by atoms with Crippen LogP contribution in [0.5, 0.6) is 0 Å². The van der Waals surface area contributed by atoms with E-state index >= 15 is 0 Å². The van der Waals surface area contributed by atoms with Gasteiger partial charge >= 0.3 is 0 Å². The van der Waals surface area contributed by atoms with Crippen molar-refractivity contribution in [2.45, 2.75) is 52.2 Å². The summed E-state index contributed by atoms with van der Waals surface area (Å²) in [5, 5.41) is 11.7. The lowest BCUT2D eigenvalue weighted by atomic mass is 10.1. The van der Waals surface area contributed by atoms with E-state index in [0.29, 0.717) is 0 Å². The Balaban J connectivity index is 1.60. The van der Waals surface area contributed by atoms with Crippen molar-refractivity contribution in [3.63, 3.8) is 0 Å². The van der Waals surface area contributed by atoms with Crippen molar-refractivity contribution in [1.29, 1.82) is 0 Å². The lowest BCUT2D eigenvalue weighted by Gasteiger charge is -2.17. The van der Waals surface area contributed by atoms with Gasteiger partial charge in [0.25, 0.3) is 0 Å². The van der Waals surface area contributed by atoms with Gasteiger partial charge in [-0.15, -0.1) is 5.10 Å². The summed E-state index contributed by atoms with van der Waals surface area (Å²) in [7, 11) is 0. The van der Waals surface area contributed by atoms with Gasteiger partial charge in [0.05, 0.1) is 23.8 Å². The molecule has 2 aromatic rings. The molecule has 0 aromatic carbocycles. The fourth-order valence-corrected chi connectivity index (χ4v) is 1.89. The standard InChI is InChI=1S/C14H24N6/c1-14(2,3)20-11-13(17-18-20)10-15-6-4-5-8-19-9-7-16-12-19/h7,9,11-12,15H,4-6,8,10H2,1-3H3. The molecule has 1 N–H and O–H groups in total. The molecule has 110 valence electrons. The molecule has 0 fully saturated rings. The number of hydrogen-bond acceptors (Lipinski definition) is 4. The minimum absolute atomic E-state index is 0.00392. The van der Waals surface area contributed by atoms with Gasteiger partial charge in [0.1, 0.15) is 0 Å². The molecule has 0 amide bonds. The lowest BCUT2D eigenvalue weighted by molar-refractivity contribution is 0.347. The van der Waals surface area contributed by atoms with Crippen LogP contribution in [0.3, 0.4) is 0 Å². The number of nitrogens with zero attached hydrogens (tertiary/aromatic N) is 5. The summed E-state index contributed by atoms with van der Waals surface area (Å²) in [6, 6.07) is 0. The quantitative estimate of drug-likeness (QED) is 0.783. The molecule has 6 nitrogen and oxygen atoms in total. The molecule has 0 unspecified atom stereocenters. The van der Waals surface area contributed by atoms with Crippen LogP contribution in [-0.4, -0.2) is 31.1 Å². The summed E-state index contributed by atoms with van der Waals surface area (Å²) in [6.07, 6.45) is 9.98. The Kier molecular flexibility index (Phi) is 4.89. The first-order valence-corrected chi connectivity index (χ1v) is 7.14. The van der Waals surface area contributed by atoms with Gasteiger partial charge in [-0.05, 0) is 40.2 Å². The van der Waals surface area contributed by atoms with Crippen LogP contribution in [0.15, 0.2) is 24.9 Å².